The third-order valence-electron chi connectivity index (χ3n) is 2.54. The molecular weight excluding hydrogens is 174 g/mol. The Morgan fingerprint density at radius 1 is 1.50 bits per heavy atom. The standard InChI is InChI=1S/C11H21N3/c1-4-7-14-10(5-6-13-14)8-11(12)9(2)3/h5-6,9,11H,4,7-8,12H2,1-3H3. The Hall–Kier alpha value is -0.830. The van der Waals surface area contributed by atoms with Crippen LogP contribution < -0.4 is 5.73 Å². The molecule has 1 rings (SSSR count). The molecule has 1 aromatic rings. The van der Waals surface area contributed by atoms with Crippen LogP contribution >= 0.6 is 0 Å². The first kappa shape index (κ1) is 11.2. The second-order valence-electron chi connectivity index (χ2n) is 4.16. The quantitative estimate of drug-likeness (QED) is 0.779. The van der Waals surface area contributed by atoms with E-state index in [1.54, 1.807) is 0 Å². The Labute approximate surface area is 86.3 Å². The minimum absolute atomic E-state index is 0.238. The lowest BCUT2D eigenvalue weighted by Gasteiger charge is -2.16. The average molecular weight is 195 g/mol. The second-order valence-corrected chi connectivity index (χ2v) is 4.16. The smallest absolute Gasteiger partial charge is 0.0492 e. The summed E-state index contributed by atoms with van der Waals surface area (Å²) in [5, 5.41) is 4.28. The van der Waals surface area contributed by atoms with Gasteiger partial charge in [0.05, 0.1) is 0 Å². The van der Waals surface area contributed by atoms with Crippen molar-refractivity contribution in [2.24, 2.45) is 11.7 Å². The zero-order valence-electron chi connectivity index (χ0n) is 9.40. The lowest BCUT2D eigenvalue weighted by atomic mass is 10.0. The lowest BCUT2D eigenvalue weighted by molar-refractivity contribution is 0.466. The summed E-state index contributed by atoms with van der Waals surface area (Å²) in [5.74, 6) is 0.528. The molecule has 1 heterocycles. The van der Waals surface area contributed by atoms with Crippen LogP contribution in [0.5, 0.6) is 0 Å². The molecule has 0 aliphatic rings. The number of nitrogens with two attached hydrogens (primary N) is 1. The molecule has 1 aromatic heterocycles. The summed E-state index contributed by atoms with van der Waals surface area (Å²) in [6.07, 6.45) is 3.90. The van der Waals surface area contributed by atoms with Crippen LogP contribution in [0.4, 0.5) is 0 Å². The molecule has 3 nitrogen and oxygen atoms in total. The first-order valence-electron chi connectivity index (χ1n) is 5.41. The number of aromatic nitrogens is 2. The van der Waals surface area contributed by atoms with Gasteiger partial charge in [-0.05, 0) is 18.4 Å². The average Bonchev–Trinajstić information content (AvgIpc) is 2.53. The van der Waals surface area contributed by atoms with E-state index in [1.165, 1.54) is 5.69 Å². The van der Waals surface area contributed by atoms with Crippen LogP contribution in [0.1, 0.15) is 32.9 Å². The highest BCUT2D eigenvalue weighted by molar-refractivity contribution is 5.03. The van der Waals surface area contributed by atoms with Gasteiger partial charge in [-0.25, -0.2) is 0 Å². The number of hydrogen-bond acceptors (Lipinski definition) is 2. The molecular formula is C11H21N3. The van der Waals surface area contributed by atoms with E-state index in [1.807, 2.05) is 6.20 Å². The Kier molecular flexibility index (Phi) is 4.14. The third-order valence-corrected chi connectivity index (χ3v) is 2.54. The molecule has 0 aliphatic heterocycles. The van der Waals surface area contributed by atoms with E-state index >= 15 is 0 Å². The third kappa shape index (κ3) is 2.84. The zero-order chi connectivity index (χ0) is 10.6. The first-order valence-corrected chi connectivity index (χ1v) is 5.41. The minimum atomic E-state index is 0.238. The Morgan fingerprint density at radius 3 is 2.79 bits per heavy atom. The summed E-state index contributed by atoms with van der Waals surface area (Å²) in [5.41, 5.74) is 7.29. The zero-order valence-corrected chi connectivity index (χ0v) is 9.40. The summed E-state index contributed by atoms with van der Waals surface area (Å²) in [6, 6.07) is 2.31. The fourth-order valence-corrected chi connectivity index (χ4v) is 1.42. The molecule has 3 heteroatoms. The van der Waals surface area contributed by atoms with Gasteiger partial charge in [0, 0.05) is 30.9 Å². The Balaban J connectivity index is 2.61. The Morgan fingerprint density at radius 2 is 2.21 bits per heavy atom. The second kappa shape index (κ2) is 5.15. The molecule has 0 bridgehead atoms. The van der Waals surface area contributed by atoms with Gasteiger partial charge in [-0.3, -0.25) is 4.68 Å². The van der Waals surface area contributed by atoms with Gasteiger partial charge in [0.2, 0.25) is 0 Å². The van der Waals surface area contributed by atoms with Crippen molar-refractivity contribution in [2.75, 3.05) is 0 Å². The van der Waals surface area contributed by atoms with Gasteiger partial charge >= 0.3 is 0 Å². The maximum atomic E-state index is 6.03. The summed E-state index contributed by atoms with van der Waals surface area (Å²) in [7, 11) is 0. The van der Waals surface area contributed by atoms with Gasteiger partial charge in [-0.15, -0.1) is 0 Å². The van der Waals surface area contributed by atoms with Gasteiger partial charge in [0.15, 0.2) is 0 Å². The molecule has 0 amide bonds. The van der Waals surface area contributed by atoms with Crippen LogP contribution in [0.25, 0.3) is 0 Å². The molecule has 0 radical (unpaired) electrons. The maximum absolute atomic E-state index is 6.03. The molecule has 0 aromatic carbocycles. The normalized spacial score (nSPS) is 13.5. The van der Waals surface area contributed by atoms with Gasteiger partial charge in [-0.1, -0.05) is 20.8 Å². The maximum Gasteiger partial charge on any atom is 0.0492 e. The van der Waals surface area contributed by atoms with Gasteiger partial charge in [0.25, 0.3) is 0 Å². The van der Waals surface area contributed by atoms with E-state index in [-0.39, 0.29) is 6.04 Å². The minimum Gasteiger partial charge on any atom is -0.327 e. The lowest BCUT2D eigenvalue weighted by Crippen LogP contribution is -2.29. The summed E-state index contributed by atoms with van der Waals surface area (Å²) < 4.78 is 2.06. The molecule has 0 fully saturated rings. The number of hydrogen-bond donors (Lipinski definition) is 1. The predicted molar refractivity (Wildman–Crippen MR) is 59.0 cm³/mol. The van der Waals surface area contributed by atoms with E-state index < -0.39 is 0 Å². The molecule has 0 saturated heterocycles. The van der Waals surface area contributed by atoms with Crippen molar-refractivity contribution in [3.8, 4) is 0 Å². The van der Waals surface area contributed by atoms with Crippen molar-refractivity contribution >= 4 is 0 Å². The van der Waals surface area contributed by atoms with Crippen LogP contribution in [0.2, 0.25) is 0 Å². The summed E-state index contributed by atoms with van der Waals surface area (Å²) in [6.45, 7) is 7.47. The monoisotopic (exact) mass is 195 g/mol. The Bertz CT molecular complexity index is 265. The van der Waals surface area contributed by atoms with E-state index in [9.17, 15) is 0 Å². The topological polar surface area (TPSA) is 43.8 Å². The van der Waals surface area contributed by atoms with Crippen molar-refractivity contribution < 1.29 is 0 Å². The van der Waals surface area contributed by atoms with E-state index in [0.29, 0.717) is 5.92 Å². The van der Waals surface area contributed by atoms with Gasteiger partial charge in [0.1, 0.15) is 0 Å². The van der Waals surface area contributed by atoms with Crippen LogP contribution in [-0.4, -0.2) is 15.8 Å². The predicted octanol–water partition coefficient (Wildman–Crippen LogP) is 1.82. The van der Waals surface area contributed by atoms with Gasteiger partial charge in [-0.2, -0.15) is 5.10 Å². The van der Waals surface area contributed by atoms with Crippen LogP contribution in [0.3, 0.4) is 0 Å². The van der Waals surface area contributed by atoms with Crippen molar-refractivity contribution in [3.05, 3.63) is 18.0 Å². The fourth-order valence-electron chi connectivity index (χ4n) is 1.42. The fraction of sp³-hybridized carbons (Fsp3) is 0.727. The highest BCUT2D eigenvalue weighted by atomic mass is 15.3. The molecule has 0 aliphatic carbocycles. The molecule has 80 valence electrons. The van der Waals surface area contributed by atoms with Crippen molar-refractivity contribution in [1.29, 1.82) is 0 Å². The van der Waals surface area contributed by atoms with Crippen molar-refractivity contribution in [3.63, 3.8) is 0 Å². The highest BCUT2D eigenvalue weighted by Gasteiger charge is 2.11. The number of aryl methyl sites for hydroxylation is 1. The van der Waals surface area contributed by atoms with Gasteiger partial charge < -0.3 is 5.73 Å². The summed E-state index contributed by atoms with van der Waals surface area (Å²) in [4.78, 5) is 0. The van der Waals surface area contributed by atoms with Crippen molar-refractivity contribution in [1.82, 2.24) is 9.78 Å². The number of nitrogens with zero attached hydrogens (tertiary/aromatic N) is 2. The molecule has 0 spiro atoms. The summed E-state index contributed by atoms with van der Waals surface area (Å²) >= 11 is 0. The largest absolute Gasteiger partial charge is 0.327 e. The highest BCUT2D eigenvalue weighted by Crippen LogP contribution is 2.08. The molecule has 0 saturated carbocycles. The van der Waals surface area contributed by atoms with Crippen molar-refractivity contribution in [2.45, 2.75) is 46.2 Å². The van der Waals surface area contributed by atoms with Crippen LogP contribution in [0, 0.1) is 5.92 Å². The molecule has 14 heavy (non-hydrogen) atoms. The van der Waals surface area contributed by atoms with E-state index in [4.69, 9.17) is 5.73 Å². The SMILES string of the molecule is CCCn1nccc1CC(N)C(C)C. The van der Waals surface area contributed by atoms with E-state index in [0.717, 1.165) is 19.4 Å². The number of rotatable bonds is 5. The van der Waals surface area contributed by atoms with E-state index in [2.05, 4.69) is 36.6 Å². The van der Waals surface area contributed by atoms with Crippen LogP contribution in [0.15, 0.2) is 12.3 Å². The molecule has 1 unspecified atom stereocenters. The first-order chi connectivity index (χ1) is 6.65. The molecule has 1 atom stereocenters. The molecule has 2 N–H and O–H groups in total. The van der Waals surface area contributed by atoms with Crippen LogP contribution in [-0.2, 0) is 13.0 Å².